The highest BCUT2D eigenvalue weighted by molar-refractivity contribution is 9.10. The summed E-state index contributed by atoms with van der Waals surface area (Å²) < 4.78 is 6.11. The van der Waals surface area contributed by atoms with Crippen LogP contribution in [-0.4, -0.2) is 21.1 Å². The molecule has 0 radical (unpaired) electrons. The highest BCUT2D eigenvalue weighted by atomic mass is 79.9. The van der Waals surface area contributed by atoms with E-state index in [9.17, 15) is 0 Å². The molecule has 0 amide bonds. The third kappa shape index (κ3) is 4.28. The zero-order chi connectivity index (χ0) is 15.4. The molecule has 0 saturated heterocycles. The van der Waals surface area contributed by atoms with Crippen LogP contribution in [0.5, 0.6) is 6.01 Å². The molecule has 0 aliphatic rings. The van der Waals surface area contributed by atoms with Crippen molar-refractivity contribution in [2.45, 2.75) is 20.0 Å². The smallest absolute Gasteiger partial charge is 0.322 e. The molecule has 1 heterocycles. The van der Waals surface area contributed by atoms with Crippen molar-refractivity contribution >= 4 is 39.2 Å². The zero-order valence-electron chi connectivity index (χ0n) is 11.3. The normalized spacial score (nSPS) is 10.3. The molecule has 108 valence electrons. The molecule has 0 atom stereocenters. The molecule has 21 heavy (non-hydrogen) atoms. The second kappa shape index (κ2) is 6.70. The second-order valence-electron chi connectivity index (χ2n) is 4.31. The molecule has 0 aliphatic heterocycles. The van der Waals surface area contributed by atoms with Gasteiger partial charge in [0.1, 0.15) is 0 Å². The van der Waals surface area contributed by atoms with Crippen molar-refractivity contribution in [1.82, 2.24) is 15.0 Å². The first kappa shape index (κ1) is 15.5. The summed E-state index contributed by atoms with van der Waals surface area (Å²) in [4.78, 5) is 12.0. The van der Waals surface area contributed by atoms with Gasteiger partial charge in [-0.2, -0.15) is 20.2 Å². The van der Waals surface area contributed by atoms with E-state index < -0.39 is 0 Å². The number of halogens is 2. The maximum absolute atomic E-state index is 8.84. The van der Waals surface area contributed by atoms with Crippen LogP contribution in [-0.2, 0) is 0 Å². The summed E-state index contributed by atoms with van der Waals surface area (Å²) in [5.74, 6) is 0.260. The van der Waals surface area contributed by atoms with Crippen LogP contribution in [0.1, 0.15) is 19.4 Å². The van der Waals surface area contributed by atoms with E-state index in [1.54, 1.807) is 18.2 Å². The highest BCUT2D eigenvalue weighted by Crippen LogP contribution is 2.26. The average Bonchev–Trinajstić information content (AvgIpc) is 2.39. The van der Waals surface area contributed by atoms with Crippen LogP contribution in [0.15, 0.2) is 22.7 Å². The summed E-state index contributed by atoms with van der Waals surface area (Å²) in [5, 5.41) is 11.9. The fourth-order valence-corrected chi connectivity index (χ4v) is 2.09. The summed E-state index contributed by atoms with van der Waals surface area (Å²) >= 11 is 9.22. The van der Waals surface area contributed by atoms with E-state index in [0.717, 1.165) is 0 Å². The lowest BCUT2D eigenvalue weighted by atomic mass is 10.2. The molecule has 2 rings (SSSR count). The Bertz CT molecular complexity index is 701. The number of ether oxygens (including phenoxy) is 1. The van der Waals surface area contributed by atoms with Crippen LogP contribution in [0.25, 0.3) is 0 Å². The van der Waals surface area contributed by atoms with Crippen molar-refractivity contribution in [3.05, 3.63) is 33.5 Å². The predicted molar refractivity (Wildman–Crippen MR) is 82.7 cm³/mol. The minimum Gasteiger partial charge on any atom is -0.461 e. The van der Waals surface area contributed by atoms with Crippen molar-refractivity contribution in [3.63, 3.8) is 0 Å². The minimum atomic E-state index is -0.0713. The van der Waals surface area contributed by atoms with Gasteiger partial charge < -0.3 is 10.1 Å². The van der Waals surface area contributed by atoms with Gasteiger partial charge in [-0.1, -0.05) is 0 Å². The van der Waals surface area contributed by atoms with Gasteiger partial charge in [-0.15, -0.1) is 0 Å². The van der Waals surface area contributed by atoms with Gasteiger partial charge in [-0.25, -0.2) is 0 Å². The summed E-state index contributed by atoms with van der Waals surface area (Å²) in [6.07, 6.45) is -0.0713. The van der Waals surface area contributed by atoms with Gasteiger partial charge in [0.25, 0.3) is 0 Å². The number of nitrogens with zero attached hydrogens (tertiary/aromatic N) is 4. The molecule has 0 saturated carbocycles. The number of anilines is 2. The van der Waals surface area contributed by atoms with E-state index in [-0.39, 0.29) is 23.3 Å². The summed E-state index contributed by atoms with van der Waals surface area (Å²) in [6.45, 7) is 3.73. The Labute approximate surface area is 135 Å². The summed E-state index contributed by atoms with van der Waals surface area (Å²) in [7, 11) is 0. The van der Waals surface area contributed by atoms with Crippen LogP contribution in [0.3, 0.4) is 0 Å². The quantitative estimate of drug-likeness (QED) is 0.886. The number of aromatic nitrogens is 3. The van der Waals surface area contributed by atoms with Gasteiger partial charge in [-0.05, 0) is 59.6 Å². The van der Waals surface area contributed by atoms with Gasteiger partial charge in [0.15, 0.2) is 0 Å². The molecule has 0 unspecified atom stereocenters. The van der Waals surface area contributed by atoms with E-state index in [1.165, 1.54) is 0 Å². The molecular weight excluding hydrogens is 358 g/mol. The lowest BCUT2D eigenvalue weighted by Gasteiger charge is -2.10. The number of nitrogens with one attached hydrogen (secondary N) is 1. The Balaban J connectivity index is 2.27. The third-order valence-electron chi connectivity index (χ3n) is 2.27. The first-order chi connectivity index (χ1) is 9.97. The molecule has 1 aromatic heterocycles. The van der Waals surface area contributed by atoms with E-state index in [0.29, 0.717) is 15.7 Å². The van der Waals surface area contributed by atoms with Crippen LogP contribution in [0.2, 0.25) is 5.28 Å². The Kier molecular flexibility index (Phi) is 4.94. The van der Waals surface area contributed by atoms with E-state index in [4.69, 9.17) is 21.6 Å². The van der Waals surface area contributed by atoms with Crippen molar-refractivity contribution < 1.29 is 4.74 Å². The van der Waals surface area contributed by atoms with Crippen LogP contribution in [0.4, 0.5) is 11.6 Å². The second-order valence-corrected chi connectivity index (χ2v) is 5.50. The average molecular weight is 369 g/mol. The maximum atomic E-state index is 8.84. The first-order valence-electron chi connectivity index (χ1n) is 6.03. The predicted octanol–water partition coefficient (Wildman–Crippen LogP) is 3.69. The SMILES string of the molecule is CC(C)Oc1nc(Cl)nc(Nc2ccc(C#N)cc2Br)n1. The number of hydrogen-bond donors (Lipinski definition) is 1. The Hall–Kier alpha value is -1.91. The van der Waals surface area contributed by atoms with Crippen molar-refractivity contribution in [2.75, 3.05) is 5.32 Å². The minimum absolute atomic E-state index is 0.0351. The molecule has 1 N–H and O–H groups in total. The molecular formula is C13H11BrClN5O. The van der Waals surface area contributed by atoms with Crippen LogP contribution in [0, 0.1) is 11.3 Å². The molecule has 0 bridgehead atoms. The Morgan fingerprint density at radius 3 is 2.71 bits per heavy atom. The van der Waals surface area contributed by atoms with Crippen LogP contribution < -0.4 is 10.1 Å². The Morgan fingerprint density at radius 2 is 2.10 bits per heavy atom. The molecule has 0 aliphatic carbocycles. The number of nitriles is 1. The van der Waals surface area contributed by atoms with Gasteiger partial charge in [0.2, 0.25) is 11.2 Å². The number of hydrogen-bond acceptors (Lipinski definition) is 6. The largest absolute Gasteiger partial charge is 0.461 e. The third-order valence-corrected chi connectivity index (χ3v) is 3.10. The number of rotatable bonds is 4. The molecule has 8 heteroatoms. The number of benzene rings is 1. The summed E-state index contributed by atoms with van der Waals surface area (Å²) in [5.41, 5.74) is 1.25. The molecule has 2 aromatic rings. The van der Waals surface area contributed by atoms with Gasteiger partial charge in [-0.3, -0.25) is 0 Å². The maximum Gasteiger partial charge on any atom is 0.322 e. The van der Waals surface area contributed by atoms with Gasteiger partial charge >= 0.3 is 6.01 Å². The topological polar surface area (TPSA) is 83.7 Å². The van der Waals surface area contributed by atoms with E-state index in [2.05, 4.69) is 42.3 Å². The zero-order valence-corrected chi connectivity index (χ0v) is 13.6. The Morgan fingerprint density at radius 1 is 1.33 bits per heavy atom. The van der Waals surface area contributed by atoms with E-state index in [1.807, 2.05) is 13.8 Å². The fraction of sp³-hybridized carbons (Fsp3) is 0.231. The lowest BCUT2D eigenvalue weighted by molar-refractivity contribution is 0.222. The standard InChI is InChI=1S/C13H11BrClN5O/c1-7(2)21-13-19-11(15)18-12(20-13)17-10-4-3-8(6-16)5-9(10)14/h3-5,7H,1-2H3,(H,17,18,19,20). The highest BCUT2D eigenvalue weighted by Gasteiger charge is 2.09. The molecule has 6 nitrogen and oxygen atoms in total. The van der Waals surface area contributed by atoms with Crippen molar-refractivity contribution in [3.8, 4) is 12.1 Å². The van der Waals surface area contributed by atoms with Crippen LogP contribution >= 0.6 is 27.5 Å². The lowest BCUT2D eigenvalue weighted by Crippen LogP contribution is -2.10. The monoisotopic (exact) mass is 367 g/mol. The van der Waals surface area contributed by atoms with Crippen molar-refractivity contribution in [2.24, 2.45) is 0 Å². The molecule has 0 fully saturated rings. The fourth-order valence-electron chi connectivity index (χ4n) is 1.46. The van der Waals surface area contributed by atoms with Gasteiger partial charge in [0.05, 0.1) is 23.4 Å². The molecule has 1 aromatic carbocycles. The summed E-state index contributed by atoms with van der Waals surface area (Å²) in [6, 6.07) is 7.32. The van der Waals surface area contributed by atoms with Crippen molar-refractivity contribution in [1.29, 1.82) is 5.26 Å². The first-order valence-corrected chi connectivity index (χ1v) is 7.20. The molecule has 0 spiro atoms. The van der Waals surface area contributed by atoms with E-state index >= 15 is 0 Å². The van der Waals surface area contributed by atoms with Gasteiger partial charge in [0, 0.05) is 4.47 Å².